The topological polar surface area (TPSA) is 75.3 Å². The number of sulfone groups is 1. The standard InChI is InChI=1S/C14H19FN2O3S/c1-14(2,21(3,19)20)13(18)17-11-5-4-9-8-16-7-6-10(9)12(11)15/h4-5,16H,6-8H2,1-3H3,(H,17,18). The lowest BCUT2D eigenvalue weighted by Crippen LogP contribution is -2.44. The molecule has 0 atom stereocenters. The Morgan fingerprint density at radius 1 is 1.38 bits per heavy atom. The van der Waals surface area contributed by atoms with Gasteiger partial charge in [0.05, 0.1) is 5.69 Å². The summed E-state index contributed by atoms with van der Waals surface area (Å²) < 4.78 is 36.1. The van der Waals surface area contributed by atoms with E-state index in [1.807, 2.05) is 0 Å². The van der Waals surface area contributed by atoms with Gasteiger partial charge in [0.2, 0.25) is 5.91 Å². The van der Waals surface area contributed by atoms with Crippen molar-refractivity contribution in [3.8, 4) is 0 Å². The molecule has 1 aromatic carbocycles. The highest BCUT2D eigenvalue weighted by Crippen LogP contribution is 2.26. The molecule has 0 saturated carbocycles. The molecule has 7 heteroatoms. The maximum Gasteiger partial charge on any atom is 0.245 e. The number of fused-ring (bicyclic) bond motifs is 1. The Kier molecular flexibility index (Phi) is 4.08. The summed E-state index contributed by atoms with van der Waals surface area (Å²) in [6.07, 6.45) is 1.53. The average molecular weight is 314 g/mol. The van der Waals surface area contributed by atoms with E-state index >= 15 is 0 Å². The number of anilines is 1. The van der Waals surface area contributed by atoms with Gasteiger partial charge in [-0.2, -0.15) is 0 Å². The van der Waals surface area contributed by atoms with Gasteiger partial charge < -0.3 is 10.6 Å². The summed E-state index contributed by atoms with van der Waals surface area (Å²) in [4.78, 5) is 12.1. The molecule has 1 aromatic rings. The largest absolute Gasteiger partial charge is 0.322 e. The third-order valence-electron chi connectivity index (χ3n) is 3.93. The van der Waals surface area contributed by atoms with Crippen LogP contribution in [0.5, 0.6) is 0 Å². The SMILES string of the molecule is CC(C)(C(=O)Nc1ccc2c(c1F)CCNC2)S(C)(=O)=O. The molecule has 0 unspecified atom stereocenters. The fourth-order valence-electron chi connectivity index (χ4n) is 2.07. The van der Waals surface area contributed by atoms with Crippen LogP contribution in [0, 0.1) is 5.82 Å². The number of rotatable bonds is 3. The molecule has 0 aromatic heterocycles. The molecule has 2 rings (SSSR count). The van der Waals surface area contributed by atoms with Gasteiger partial charge in [0.15, 0.2) is 9.84 Å². The first-order valence-electron chi connectivity index (χ1n) is 6.66. The number of nitrogens with one attached hydrogen (secondary N) is 2. The summed E-state index contributed by atoms with van der Waals surface area (Å²) in [6.45, 7) is 3.88. The molecule has 1 heterocycles. The number of halogens is 1. The zero-order chi connectivity index (χ0) is 15.8. The molecule has 0 fully saturated rings. The number of benzene rings is 1. The van der Waals surface area contributed by atoms with Gasteiger partial charge in [0, 0.05) is 12.8 Å². The Morgan fingerprint density at radius 2 is 2.05 bits per heavy atom. The Labute approximate surface area is 123 Å². The Hall–Kier alpha value is -1.47. The molecule has 116 valence electrons. The number of hydrogen-bond donors (Lipinski definition) is 2. The third kappa shape index (κ3) is 2.94. The van der Waals surface area contributed by atoms with E-state index in [4.69, 9.17) is 0 Å². The Balaban J connectivity index is 2.31. The molecule has 2 N–H and O–H groups in total. The molecule has 1 aliphatic rings. The van der Waals surface area contributed by atoms with Crippen molar-refractivity contribution in [2.45, 2.75) is 31.6 Å². The third-order valence-corrected chi connectivity index (χ3v) is 5.97. The molecule has 21 heavy (non-hydrogen) atoms. The zero-order valence-electron chi connectivity index (χ0n) is 12.3. The van der Waals surface area contributed by atoms with Gasteiger partial charge in [0.1, 0.15) is 10.6 Å². The van der Waals surface area contributed by atoms with E-state index in [0.717, 1.165) is 11.8 Å². The fourth-order valence-corrected chi connectivity index (χ4v) is 2.46. The molecule has 0 saturated heterocycles. The van der Waals surface area contributed by atoms with Gasteiger partial charge in [0.25, 0.3) is 0 Å². The molecular formula is C14H19FN2O3S. The summed E-state index contributed by atoms with van der Waals surface area (Å²) in [5.74, 6) is -1.22. The van der Waals surface area contributed by atoms with Crippen molar-refractivity contribution in [3.05, 3.63) is 29.1 Å². The molecule has 5 nitrogen and oxygen atoms in total. The predicted octanol–water partition coefficient (Wildman–Crippen LogP) is 1.23. The zero-order valence-corrected chi connectivity index (χ0v) is 13.1. The van der Waals surface area contributed by atoms with E-state index in [1.54, 1.807) is 6.07 Å². The van der Waals surface area contributed by atoms with Crippen molar-refractivity contribution in [2.24, 2.45) is 0 Å². The Bertz CT molecular complexity index is 684. The fraction of sp³-hybridized carbons (Fsp3) is 0.500. The van der Waals surface area contributed by atoms with Gasteiger partial charge >= 0.3 is 0 Å². The highest BCUT2D eigenvalue weighted by molar-refractivity contribution is 7.92. The molecular weight excluding hydrogens is 295 g/mol. The predicted molar refractivity (Wildman–Crippen MR) is 79.4 cm³/mol. The van der Waals surface area contributed by atoms with Gasteiger partial charge in [-0.15, -0.1) is 0 Å². The van der Waals surface area contributed by atoms with Crippen molar-refractivity contribution >= 4 is 21.4 Å². The minimum absolute atomic E-state index is 0.0253. The quantitative estimate of drug-likeness (QED) is 0.880. The van der Waals surface area contributed by atoms with E-state index in [-0.39, 0.29) is 5.69 Å². The molecule has 1 amide bonds. The first kappa shape index (κ1) is 15.9. The lowest BCUT2D eigenvalue weighted by Gasteiger charge is -2.23. The van der Waals surface area contributed by atoms with Crippen LogP contribution in [0.1, 0.15) is 25.0 Å². The minimum Gasteiger partial charge on any atom is -0.322 e. The van der Waals surface area contributed by atoms with Crippen LogP contribution in [0.4, 0.5) is 10.1 Å². The van der Waals surface area contributed by atoms with Crippen LogP contribution in [0.25, 0.3) is 0 Å². The van der Waals surface area contributed by atoms with Gasteiger partial charge in [-0.1, -0.05) is 6.07 Å². The van der Waals surface area contributed by atoms with Crippen LogP contribution in [0.2, 0.25) is 0 Å². The lowest BCUT2D eigenvalue weighted by atomic mass is 9.99. The molecule has 0 aliphatic carbocycles. The highest BCUT2D eigenvalue weighted by Gasteiger charge is 2.38. The normalized spacial score (nSPS) is 15.4. The van der Waals surface area contributed by atoms with Crippen LogP contribution in [0.3, 0.4) is 0 Å². The number of hydrogen-bond acceptors (Lipinski definition) is 4. The van der Waals surface area contributed by atoms with E-state index in [2.05, 4.69) is 10.6 Å². The first-order valence-corrected chi connectivity index (χ1v) is 8.56. The average Bonchev–Trinajstić information content (AvgIpc) is 2.40. The van der Waals surface area contributed by atoms with Gasteiger partial charge in [-0.25, -0.2) is 12.8 Å². The summed E-state index contributed by atoms with van der Waals surface area (Å²) in [7, 11) is -3.60. The summed E-state index contributed by atoms with van der Waals surface area (Å²) >= 11 is 0. The maximum absolute atomic E-state index is 14.4. The molecule has 1 aliphatic heterocycles. The summed E-state index contributed by atoms with van der Waals surface area (Å²) in [5, 5.41) is 5.53. The first-order chi connectivity index (χ1) is 9.64. The van der Waals surface area contributed by atoms with Crippen molar-refractivity contribution in [3.63, 3.8) is 0 Å². The summed E-state index contributed by atoms with van der Waals surface area (Å²) in [5.41, 5.74) is 1.46. The number of amides is 1. The van der Waals surface area contributed by atoms with Crippen molar-refractivity contribution < 1.29 is 17.6 Å². The smallest absolute Gasteiger partial charge is 0.245 e. The van der Waals surface area contributed by atoms with Crippen molar-refractivity contribution in [1.82, 2.24) is 5.32 Å². The minimum atomic E-state index is -3.60. The maximum atomic E-state index is 14.4. The van der Waals surface area contributed by atoms with E-state index in [0.29, 0.717) is 25.1 Å². The van der Waals surface area contributed by atoms with Crippen LogP contribution in [-0.2, 0) is 27.6 Å². The van der Waals surface area contributed by atoms with Crippen molar-refractivity contribution in [1.29, 1.82) is 0 Å². The second-order valence-corrected chi connectivity index (χ2v) is 8.29. The van der Waals surface area contributed by atoms with E-state index in [1.165, 1.54) is 19.9 Å². The second-order valence-electron chi connectivity index (χ2n) is 5.73. The summed E-state index contributed by atoms with van der Waals surface area (Å²) in [6, 6.07) is 3.21. The highest BCUT2D eigenvalue weighted by atomic mass is 32.2. The van der Waals surface area contributed by atoms with Crippen LogP contribution in [-0.4, -0.2) is 31.9 Å². The van der Waals surface area contributed by atoms with Crippen molar-refractivity contribution in [2.75, 3.05) is 18.1 Å². The van der Waals surface area contributed by atoms with E-state index in [9.17, 15) is 17.6 Å². The molecule has 0 bridgehead atoms. The van der Waals surface area contributed by atoms with Crippen LogP contribution < -0.4 is 10.6 Å². The number of carbonyl (C=O) groups is 1. The second kappa shape index (κ2) is 5.38. The monoisotopic (exact) mass is 314 g/mol. The van der Waals surface area contributed by atoms with E-state index < -0.39 is 26.3 Å². The molecule has 0 radical (unpaired) electrons. The van der Waals surface area contributed by atoms with Crippen LogP contribution >= 0.6 is 0 Å². The number of carbonyl (C=O) groups excluding carboxylic acids is 1. The molecule has 0 spiro atoms. The van der Waals surface area contributed by atoms with Gasteiger partial charge in [-0.05, 0) is 44.0 Å². The van der Waals surface area contributed by atoms with Gasteiger partial charge in [-0.3, -0.25) is 4.79 Å². The van der Waals surface area contributed by atoms with Crippen LogP contribution in [0.15, 0.2) is 12.1 Å². The Morgan fingerprint density at radius 3 is 2.67 bits per heavy atom. The lowest BCUT2D eigenvalue weighted by molar-refractivity contribution is -0.117.